The molecule has 0 spiro atoms. The van der Waals surface area contributed by atoms with E-state index in [0.717, 1.165) is 46.5 Å². The van der Waals surface area contributed by atoms with Gasteiger partial charge < -0.3 is 9.73 Å². The SMILES string of the molecule is Brc1ccc(-c2cnc(CNC3CCN(Cc4ccccc4)CC3)s2)o1. The molecule has 6 heteroatoms. The van der Waals surface area contributed by atoms with Crippen LogP contribution in [-0.2, 0) is 13.1 Å². The molecule has 1 fully saturated rings. The molecule has 0 bridgehead atoms. The van der Waals surface area contributed by atoms with Gasteiger partial charge in [0.05, 0.1) is 4.88 Å². The van der Waals surface area contributed by atoms with Crippen LogP contribution in [0.15, 0.2) is 57.7 Å². The summed E-state index contributed by atoms with van der Waals surface area (Å²) in [5, 5.41) is 4.78. The number of nitrogens with zero attached hydrogens (tertiary/aromatic N) is 2. The highest BCUT2D eigenvalue weighted by molar-refractivity contribution is 9.10. The Kier molecular flexibility index (Phi) is 5.84. The van der Waals surface area contributed by atoms with Crippen LogP contribution in [0.3, 0.4) is 0 Å². The summed E-state index contributed by atoms with van der Waals surface area (Å²) in [6.45, 7) is 4.18. The number of nitrogens with one attached hydrogen (secondary N) is 1. The van der Waals surface area contributed by atoms with Gasteiger partial charge in [-0.3, -0.25) is 4.90 Å². The summed E-state index contributed by atoms with van der Waals surface area (Å²) in [5.74, 6) is 0.870. The van der Waals surface area contributed by atoms with Crippen molar-refractivity contribution in [2.75, 3.05) is 13.1 Å². The lowest BCUT2D eigenvalue weighted by atomic mass is 10.0. The predicted octanol–water partition coefficient (Wildman–Crippen LogP) is 4.92. The maximum absolute atomic E-state index is 5.60. The maximum atomic E-state index is 5.60. The topological polar surface area (TPSA) is 41.3 Å². The van der Waals surface area contributed by atoms with E-state index in [0.29, 0.717) is 6.04 Å². The second kappa shape index (κ2) is 8.48. The van der Waals surface area contributed by atoms with Crippen molar-refractivity contribution < 1.29 is 4.42 Å². The summed E-state index contributed by atoms with van der Waals surface area (Å²) < 4.78 is 6.35. The number of hydrogen-bond acceptors (Lipinski definition) is 5. The lowest BCUT2D eigenvalue weighted by molar-refractivity contribution is 0.190. The minimum absolute atomic E-state index is 0.576. The summed E-state index contributed by atoms with van der Waals surface area (Å²) in [7, 11) is 0. The molecule has 0 atom stereocenters. The molecular formula is C20H22BrN3OS. The molecule has 1 aliphatic rings. The third kappa shape index (κ3) is 4.62. The number of piperidine rings is 1. The Balaban J connectivity index is 1.23. The van der Waals surface area contributed by atoms with E-state index in [-0.39, 0.29) is 0 Å². The van der Waals surface area contributed by atoms with Crippen molar-refractivity contribution in [3.63, 3.8) is 0 Å². The molecule has 4 rings (SSSR count). The molecule has 1 N–H and O–H groups in total. The third-order valence-corrected chi connectivity index (χ3v) is 6.19. The van der Waals surface area contributed by atoms with Gasteiger partial charge in [0.15, 0.2) is 4.67 Å². The van der Waals surface area contributed by atoms with Gasteiger partial charge in [-0.15, -0.1) is 11.3 Å². The van der Waals surface area contributed by atoms with Crippen LogP contribution in [-0.4, -0.2) is 29.0 Å². The normalized spacial score (nSPS) is 16.2. The fraction of sp³-hybridized carbons (Fsp3) is 0.350. The van der Waals surface area contributed by atoms with E-state index >= 15 is 0 Å². The summed E-state index contributed by atoms with van der Waals surface area (Å²) in [6.07, 6.45) is 4.28. The fourth-order valence-corrected chi connectivity index (χ4v) is 4.46. The average Bonchev–Trinajstić information content (AvgIpc) is 3.31. The zero-order valence-electron chi connectivity index (χ0n) is 14.5. The Morgan fingerprint density at radius 2 is 1.96 bits per heavy atom. The van der Waals surface area contributed by atoms with Crippen LogP contribution in [0.1, 0.15) is 23.4 Å². The van der Waals surface area contributed by atoms with E-state index < -0.39 is 0 Å². The highest BCUT2D eigenvalue weighted by atomic mass is 79.9. The van der Waals surface area contributed by atoms with Crippen molar-refractivity contribution in [3.8, 4) is 10.6 Å². The molecular weight excluding hydrogens is 410 g/mol. The van der Waals surface area contributed by atoms with E-state index in [9.17, 15) is 0 Å². The molecule has 26 heavy (non-hydrogen) atoms. The van der Waals surface area contributed by atoms with Gasteiger partial charge in [-0.25, -0.2) is 4.98 Å². The van der Waals surface area contributed by atoms with Gasteiger partial charge in [-0.2, -0.15) is 0 Å². The standard InChI is InChI=1S/C20H22BrN3OS/c21-19-7-6-17(25-19)18-12-23-20(26-18)13-22-16-8-10-24(11-9-16)14-15-4-2-1-3-5-15/h1-7,12,16,22H,8-11,13-14H2. The molecule has 0 unspecified atom stereocenters. The van der Waals surface area contributed by atoms with Crippen LogP contribution in [0.5, 0.6) is 0 Å². The Morgan fingerprint density at radius 3 is 2.69 bits per heavy atom. The number of benzene rings is 1. The van der Waals surface area contributed by atoms with Crippen molar-refractivity contribution in [3.05, 3.63) is 63.9 Å². The van der Waals surface area contributed by atoms with Crippen molar-refractivity contribution >= 4 is 27.3 Å². The summed E-state index contributed by atoms with van der Waals surface area (Å²) in [5.41, 5.74) is 1.40. The molecule has 0 amide bonds. The molecule has 3 aromatic rings. The first kappa shape index (κ1) is 17.9. The number of hydrogen-bond donors (Lipinski definition) is 1. The summed E-state index contributed by atoms with van der Waals surface area (Å²) >= 11 is 5.04. The minimum atomic E-state index is 0.576. The van der Waals surface area contributed by atoms with E-state index in [1.165, 1.54) is 18.4 Å². The molecule has 1 aromatic carbocycles. The zero-order valence-corrected chi connectivity index (χ0v) is 16.9. The van der Waals surface area contributed by atoms with Gasteiger partial charge in [-0.1, -0.05) is 30.3 Å². The Bertz CT molecular complexity index is 824. The fourth-order valence-electron chi connectivity index (χ4n) is 3.32. The van der Waals surface area contributed by atoms with Crippen LogP contribution in [0.2, 0.25) is 0 Å². The van der Waals surface area contributed by atoms with E-state index in [4.69, 9.17) is 4.42 Å². The first-order valence-electron chi connectivity index (χ1n) is 8.96. The number of likely N-dealkylation sites (tertiary alicyclic amines) is 1. The van der Waals surface area contributed by atoms with Gasteiger partial charge in [0, 0.05) is 25.3 Å². The van der Waals surface area contributed by atoms with Crippen molar-refractivity contribution in [1.82, 2.24) is 15.2 Å². The Hall–Kier alpha value is -1.47. The van der Waals surface area contributed by atoms with Crippen LogP contribution in [0.25, 0.3) is 10.6 Å². The molecule has 1 saturated heterocycles. The largest absolute Gasteiger partial charge is 0.448 e. The molecule has 3 heterocycles. The van der Waals surface area contributed by atoms with Gasteiger partial charge in [0.25, 0.3) is 0 Å². The molecule has 1 aliphatic heterocycles. The van der Waals surface area contributed by atoms with Gasteiger partial charge in [-0.05, 0) is 59.6 Å². The average molecular weight is 432 g/mol. The molecule has 2 aromatic heterocycles. The Labute approximate surface area is 166 Å². The van der Waals surface area contributed by atoms with Crippen molar-refractivity contribution in [2.24, 2.45) is 0 Å². The summed E-state index contributed by atoms with van der Waals surface area (Å²) in [4.78, 5) is 8.15. The van der Waals surface area contributed by atoms with Gasteiger partial charge >= 0.3 is 0 Å². The molecule has 0 radical (unpaired) electrons. The first-order chi connectivity index (χ1) is 12.8. The number of aromatic nitrogens is 1. The zero-order chi connectivity index (χ0) is 17.8. The van der Waals surface area contributed by atoms with Gasteiger partial charge in [0.2, 0.25) is 0 Å². The van der Waals surface area contributed by atoms with Gasteiger partial charge in [0.1, 0.15) is 10.8 Å². The smallest absolute Gasteiger partial charge is 0.169 e. The molecule has 4 nitrogen and oxygen atoms in total. The highest BCUT2D eigenvalue weighted by Gasteiger charge is 2.19. The highest BCUT2D eigenvalue weighted by Crippen LogP contribution is 2.29. The van der Waals surface area contributed by atoms with Crippen LogP contribution < -0.4 is 5.32 Å². The number of halogens is 1. The lowest BCUT2D eigenvalue weighted by Gasteiger charge is -2.32. The van der Waals surface area contributed by atoms with E-state index in [2.05, 4.69) is 61.5 Å². The second-order valence-electron chi connectivity index (χ2n) is 6.64. The molecule has 0 aliphatic carbocycles. The Morgan fingerprint density at radius 1 is 1.15 bits per heavy atom. The number of rotatable bonds is 6. The van der Waals surface area contributed by atoms with Crippen LogP contribution in [0, 0.1) is 0 Å². The van der Waals surface area contributed by atoms with Crippen LogP contribution >= 0.6 is 27.3 Å². The number of thiazole rings is 1. The number of furan rings is 1. The van der Waals surface area contributed by atoms with E-state index in [1.807, 2.05) is 18.3 Å². The second-order valence-corrected chi connectivity index (χ2v) is 8.54. The molecule has 136 valence electrons. The minimum Gasteiger partial charge on any atom is -0.448 e. The predicted molar refractivity (Wildman–Crippen MR) is 109 cm³/mol. The first-order valence-corrected chi connectivity index (χ1v) is 10.6. The van der Waals surface area contributed by atoms with Crippen molar-refractivity contribution in [2.45, 2.75) is 32.0 Å². The quantitative estimate of drug-likeness (QED) is 0.601. The van der Waals surface area contributed by atoms with Crippen LogP contribution in [0.4, 0.5) is 0 Å². The lowest BCUT2D eigenvalue weighted by Crippen LogP contribution is -2.41. The van der Waals surface area contributed by atoms with E-state index in [1.54, 1.807) is 11.3 Å². The summed E-state index contributed by atoms with van der Waals surface area (Å²) in [6, 6.07) is 15.2. The van der Waals surface area contributed by atoms with Crippen molar-refractivity contribution in [1.29, 1.82) is 0 Å². The maximum Gasteiger partial charge on any atom is 0.169 e. The monoisotopic (exact) mass is 431 g/mol. The molecule has 0 saturated carbocycles. The third-order valence-electron chi connectivity index (χ3n) is 4.75.